The molecule has 0 aromatic rings. The summed E-state index contributed by atoms with van der Waals surface area (Å²) in [5.41, 5.74) is 0. The predicted molar refractivity (Wildman–Crippen MR) is 62.1 cm³/mol. The van der Waals surface area contributed by atoms with E-state index in [1.807, 2.05) is 0 Å². The van der Waals surface area contributed by atoms with Gasteiger partial charge in [-0.1, -0.05) is 26.2 Å². The van der Waals surface area contributed by atoms with Crippen molar-refractivity contribution < 1.29 is 19.7 Å². The topological polar surface area (TPSA) is 78.8 Å². The van der Waals surface area contributed by atoms with Crippen LogP contribution in [0.15, 0.2) is 0 Å². The maximum atomic E-state index is 11.6. The minimum absolute atomic E-state index is 0.416. The summed E-state index contributed by atoms with van der Waals surface area (Å²) in [5.74, 6) is -0.416. The molecule has 5 heteroatoms. The third-order valence-electron chi connectivity index (χ3n) is 2.89. The molecule has 98 valence electrons. The molecule has 2 radical (unpaired) electrons. The molecule has 0 saturated carbocycles. The van der Waals surface area contributed by atoms with Gasteiger partial charge in [-0.2, -0.15) is 0 Å². The molecule has 1 heterocycles. The second-order valence-electron chi connectivity index (χ2n) is 4.35. The predicted octanol–water partition coefficient (Wildman–Crippen LogP) is -0.117. The molecule has 17 heavy (non-hydrogen) atoms. The minimum Gasteiger partial charge on any atom is -0.388 e. The molecule has 0 bridgehead atoms. The number of ether oxygens (including phenoxy) is 1. The molecule has 1 aliphatic heterocycles. The molecule has 1 rings (SSSR count). The molecule has 1 fully saturated rings. The van der Waals surface area contributed by atoms with Gasteiger partial charge >= 0.3 is 0 Å². The molecule has 1 aliphatic rings. The Hall–Kier alpha value is -0.650. The summed E-state index contributed by atoms with van der Waals surface area (Å²) in [5, 5.41) is 21.5. The first kappa shape index (κ1) is 14.4. The lowest BCUT2D eigenvalue weighted by molar-refractivity contribution is -0.135. The summed E-state index contributed by atoms with van der Waals surface area (Å²) in [6, 6.07) is 0. The average Bonchev–Trinajstić information content (AvgIpc) is 2.56. The summed E-state index contributed by atoms with van der Waals surface area (Å²) in [6.45, 7) is 8.05. The van der Waals surface area contributed by atoms with Gasteiger partial charge in [-0.3, -0.25) is 4.79 Å². The van der Waals surface area contributed by atoms with Gasteiger partial charge in [-0.05, 0) is 13.3 Å². The Labute approximate surface area is 102 Å². The lowest BCUT2D eigenvalue weighted by atomic mass is 10.1. The first-order valence-electron chi connectivity index (χ1n) is 6.12. The maximum absolute atomic E-state index is 11.6. The Bertz CT molecular complexity index is 247. The summed E-state index contributed by atoms with van der Waals surface area (Å²) in [6.07, 6.45) is -0.274. The Kier molecular flexibility index (Phi) is 5.88. The molecule has 0 aliphatic carbocycles. The molecule has 5 nitrogen and oxygen atoms in total. The van der Waals surface area contributed by atoms with Crippen LogP contribution in [0.2, 0.25) is 0 Å². The van der Waals surface area contributed by atoms with Crippen LogP contribution in [0, 0.1) is 6.92 Å². The molecular formula is C12H21NO4. The van der Waals surface area contributed by atoms with Crippen molar-refractivity contribution in [1.82, 2.24) is 5.32 Å². The first-order valence-corrected chi connectivity index (χ1v) is 6.12. The summed E-state index contributed by atoms with van der Waals surface area (Å²) < 4.78 is 4.99. The highest BCUT2D eigenvalue weighted by Crippen LogP contribution is 2.20. The molecule has 1 amide bonds. The highest BCUT2D eigenvalue weighted by atomic mass is 16.5. The number of amides is 1. The summed E-state index contributed by atoms with van der Waals surface area (Å²) in [4.78, 5) is 11.6. The second kappa shape index (κ2) is 6.93. The molecule has 1 saturated heterocycles. The van der Waals surface area contributed by atoms with Gasteiger partial charge in [-0.25, -0.2) is 0 Å². The van der Waals surface area contributed by atoms with E-state index in [0.717, 1.165) is 25.7 Å². The van der Waals surface area contributed by atoms with Crippen LogP contribution in [0.3, 0.4) is 0 Å². The molecule has 0 spiro atoms. The Balaban J connectivity index is 2.24. The van der Waals surface area contributed by atoms with Crippen LogP contribution in [0.5, 0.6) is 0 Å². The van der Waals surface area contributed by atoms with Crippen molar-refractivity contribution in [3.63, 3.8) is 0 Å². The molecule has 4 atom stereocenters. The SMILES string of the molecule is [CH][C@@H]1O[C@H](C(=O)NCCCCCC)[C@H](O)C1O. The fraction of sp³-hybridized carbons (Fsp3) is 0.833. The lowest BCUT2D eigenvalue weighted by Gasteiger charge is -2.14. The van der Waals surface area contributed by atoms with E-state index in [1.54, 1.807) is 0 Å². The summed E-state index contributed by atoms with van der Waals surface area (Å²) in [7, 11) is 0. The van der Waals surface area contributed by atoms with Crippen molar-refractivity contribution >= 4 is 5.91 Å². The van der Waals surface area contributed by atoms with Crippen molar-refractivity contribution in [2.75, 3.05) is 6.54 Å². The zero-order chi connectivity index (χ0) is 12.8. The van der Waals surface area contributed by atoms with E-state index in [0.29, 0.717) is 6.54 Å². The van der Waals surface area contributed by atoms with E-state index in [-0.39, 0.29) is 0 Å². The highest BCUT2D eigenvalue weighted by molar-refractivity contribution is 5.81. The fourth-order valence-electron chi connectivity index (χ4n) is 1.78. The standard InChI is InChI=1S/C12H21NO4/c1-3-4-5-6-7-13-12(16)11-10(15)9(14)8(2)17-11/h2,8-11,14-15H,3-7H2,1H3,(H,13,16)/t8-,9?,10+,11-/m0/s1. The second-order valence-corrected chi connectivity index (χ2v) is 4.35. The molecule has 0 aromatic heterocycles. The average molecular weight is 243 g/mol. The Morgan fingerprint density at radius 1 is 1.29 bits per heavy atom. The molecule has 1 unspecified atom stereocenters. The zero-order valence-corrected chi connectivity index (χ0v) is 10.1. The number of aliphatic hydroxyl groups excluding tert-OH is 2. The van der Waals surface area contributed by atoms with Gasteiger partial charge in [0.2, 0.25) is 0 Å². The van der Waals surface area contributed by atoms with Crippen molar-refractivity contribution in [3.8, 4) is 0 Å². The van der Waals surface area contributed by atoms with Gasteiger partial charge < -0.3 is 20.3 Å². The minimum atomic E-state index is -1.25. The largest absolute Gasteiger partial charge is 0.388 e. The van der Waals surface area contributed by atoms with E-state index in [2.05, 4.69) is 12.2 Å². The van der Waals surface area contributed by atoms with E-state index < -0.39 is 30.3 Å². The zero-order valence-electron chi connectivity index (χ0n) is 10.1. The van der Waals surface area contributed by atoms with Gasteiger partial charge in [-0.15, -0.1) is 0 Å². The van der Waals surface area contributed by atoms with Crippen LogP contribution in [0.4, 0.5) is 0 Å². The normalized spacial score (nSPS) is 32.7. The van der Waals surface area contributed by atoms with Gasteiger partial charge in [0.15, 0.2) is 6.10 Å². The Morgan fingerprint density at radius 3 is 2.53 bits per heavy atom. The third kappa shape index (κ3) is 3.94. The van der Waals surface area contributed by atoms with Crippen molar-refractivity contribution in [3.05, 3.63) is 6.92 Å². The maximum Gasteiger partial charge on any atom is 0.251 e. The number of carbonyl (C=O) groups is 1. The first-order chi connectivity index (χ1) is 8.07. The van der Waals surface area contributed by atoms with Gasteiger partial charge in [0.25, 0.3) is 5.91 Å². The number of carbonyl (C=O) groups excluding carboxylic acids is 1. The van der Waals surface area contributed by atoms with E-state index in [9.17, 15) is 15.0 Å². The number of aliphatic hydroxyl groups is 2. The van der Waals surface area contributed by atoms with E-state index in [4.69, 9.17) is 11.7 Å². The number of hydrogen-bond acceptors (Lipinski definition) is 4. The monoisotopic (exact) mass is 243 g/mol. The van der Waals surface area contributed by atoms with Crippen LogP contribution in [0.1, 0.15) is 32.6 Å². The van der Waals surface area contributed by atoms with Crippen molar-refractivity contribution in [1.29, 1.82) is 0 Å². The van der Waals surface area contributed by atoms with Crippen LogP contribution >= 0.6 is 0 Å². The van der Waals surface area contributed by atoms with Crippen molar-refractivity contribution in [2.45, 2.75) is 57.0 Å². The van der Waals surface area contributed by atoms with E-state index in [1.165, 1.54) is 0 Å². The van der Waals surface area contributed by atoms with E-state index >= 15 is 0 Å². The Morgan fingerprint density at radius 2 is 2.00 bits per heavy atom. The van der Waals surface area contributed by atoms with Crippen LogP contribution in [0.25, 0.3) is 0 Å². The molecule has 0 aromatic carbocycles. The smallest absolute Gasteiger partial charge is 0.251 e. The number of hydrogen-bond donors (Lipinski definition) is 3. The molecular weight excluding hydrogens is 222 g/mol. The van der Waals surface area contributed by atoms with Crippen LogP contribution < -0.4 is 5.32 Å². The highest BCUT2D eigenvalue weighted by Gasteiger charge is 2.44. The number of rotatable bonds is 6. The number of nitrogens with one attached hydrogen (secondary N) is 1. The summed E-state index contributed by atoms with van der Waals surface area (Å²) >= 11 is 0. The van der Waals surface area contributed by atoms with Crippen LogP contribution in [-0.4, -0.2) is 47.1 Å². The van der Waals surface area contributed by atoms with Gasteiger partial charge in [0, 0.05) is 6.54 Å². The number of unbranched alkanes of at least 4 members (excludes halogenated alkanes) is 3. The third-order valence-corrected chi connectivity index (χ3v) is 2.89. The van der Waals surface area contributed by atoms with Crippen molar-refractivity contribution in [2.24, 2.45) is 0 Å². The van der Waals surface area contributed by atoms with Gasteiger partial charge in [0.05, 0.1) is 6.10 Å². The van der Waals surface area contributed by atoms with Gasteiger partial charge in [0.1, 0.15) is 12.2 Å². The lowest BCUT2D eigenvalue weighted by Crippen LogP contribution is -2.43. The molecule has 3 N–H and O–H groups in total. The fourth-order valence-corrected chi connectivity index (χ4v) is 1.78. The van der Waals surface area contributed by atoms with Crippen LogP contribution in [-0.2, 0) is 9.53 Å². The quantitative estimate of drug-likeness (QED) is 0.568.